The van der Waals surface area contributed by atoms with E-state index in [4.69, 9.17) is 0 Å². The van der Waals surface area contributed by atoms with Crippen molar-refractivity contribution in [2.24, 2.45) is 5.92 Å². The monoisotopic (exact) mass is 311 g/mol. The van der Waals surface area contributed by atoms with Gasteiger partial charge < -0.3 is 10.4 Å². The van der Waals surface area contributed by atoms with Crippen molar-refractivity contribution in [3.63, 3.8) is 0 Å². The normalized spacial score (nSPS) is 23.0. The van der Waals surface area contributed by atoms with Crippen molar-refractivity contribution in [2.75, 3.05) is 5.33 Å². The van der Waals surface area contributed by atoms with Gasteiger partial charge in [-0.3, -0.25) is 4.79 Å². The Balaban J connectivity index is 2.09. The number of halogens is 1. The molecule has 1 saturated carbocycles. The van der Waals surface area contributed by atoms with Crippen LogP contribution in [0.5, 0.6) is 5.75 Å². The molecule has 0 aromatic heterocycles. The molecule has 0 radical (unpaired) electrons. The molecule has 2 rings (SSSR count). The Kier molecular flexibility index (Phi) is 4.27. The lowest BCUT2D eigenvalue weighted by Crippen LogP contribution is -2.37. The van der Waals surface area contributed by atoms with E-state index in [9.17, 15) is 9.90 Å². The fraction of sp³-hybridized carbons (Fsp3) is 0.500. The highest BCUT2D eigenvalue weighted by Gasteiger charge is 2.28. The smallest absolute Gasteiger partial charge is 0.255 e. The van der Waals surface area contributed by atoms with Gasteiger partial charge in [-0.2, -0.15) is 0 Å². The van der Waals surface area contributed by atoms with Crippen LogP contribution in [-0.4, -0.2) is 22.4 Å². The van der Waals surface area contributed by atoms with Gasteiger partial charge in [0.25, 0.3) is 5.91 Å². The summed E-state index contributed by atoms with van der Waals surface area (Å²) in [4.78, 5) is 12.1. The van der Waals surface area contributed by atoms with E-state index in [1.54, 1.807) is 18.2 Å². The maximum Gasteiger partial charge on any atom is 0.255 e. The van der Waals surface area contributed by atoms with Crippen LogP contribution in [0.3, 0.4) is 0 Å². The first-order chi connectivity index (χ1) is 8.61. The van der Waals surface area contributed by atoms with Crippen molar-refractivity contribution in [2.45, 2.75) is 32.2 Å². The summed E-state index contributed by atoms with van der Waals surface area (Å²) in [5.41, 5.74) is 1.34. The molecule has 98 valence electrons. The second-order valence-electron chi connectivity index (χ2n) is 4.95. The highest BCUT2D eigenvalue weighted by molar-refractivity contribution is 9.09. The Morgan fingerprint density at radius 1 is 1.50 bits per heavy atom. The van der Waals surface area contributed by atoms with Crippen LogP contribution < -0.4 is 5.32 Å². The summed E-state index contributed by atoms with van der Waals surface area (Å²) in [7, 11) is 0. The number of benzene rings is 1. The van der Waals surface area contributed by atoms with Gasteiger partial charge in [0.2, 0.25) is 0 Å². The molecule has 1 aliphatic rings. The zero-order chi connectivity index (χ0) is 13.1. The average molecular weight is 312 g/mol. The van der Waals surface area contributed by atoms with Gasteiger partial charge in [0.1, 0.15) is 5.75 Å². The zero-order valence-corrected chi connectivity index (χ0v) is 12.0. The molecular formula is C14H18BrNO2. The SMILES string of the molecule is Cc1ccc(O)c(C(=O)NC2CCCC2CBr)c1. The van der Waals surface area contributed by atoms with Gasteiger partial charge in [-0.25, -0.2) is 0 Å². The molecule has 2 N–H and O–H groups in total. The molecule has 18 heavy (non-hydrogen) atoms. The number of rotatable bonds is 3. The fourth-order valence-corrected chi connectivity index (χ4v) is 3.26. The molecule has 1 aromatic carbocycles. The molecule has 3 nitrogen and oxygen atoms in total. The molecule has 0 spiro atoms. The van der Waals surface area contributed by atoms with E-state index in [2.05, 4.69) is 21.2 Å². The number of amides is 1. The third-order valence-corrected chi connectivity index (χ3v) is 4.40. The Hall–Kier alpha value is -1.03. The van der Waals surface area contributed by atoms with Crippen molar-refractivity contribution in [3.05, 3.63) is 29.3 Å². The molecule has 2 atom stereocenters. The molecular weight excluding hydrogens is 294 g/mol. The Morgan fingerprint density at radius 2 is 2.28 bits per heavy atom. The van der Waals surface area contributed by atoms with E-state index in [-0.39, 0.29) is 17.7 Å². The van der Waals surface area contributed by atoms with Gasteiger partial charge in [-0.05, 0) is 37.8 Å². The van der Waals surface area contributed by atoms with E-state index >= 15 is 0 Å². The predicted molar refractivity (Wildman–Crippen MR) is 75.2 cm³/mol. The molecule has 0 aliphatic heterocycles. The molecule has 1 aliphatic carbocycles. The van der Waals surface area contributed by atoms with Crippen LogP contribution in [0.1, 0.15) is 35.2 Å². The molecule has 0 saturated heterocycles. The standard InChI is InChI=1S/C14H18BrNO2/c1-9-5-6-13(17)11(7-9)14(18)16-12-4-2-3-10(12)8-15/h5-7,10,12,17H,2-4,8H2,1H3,(H,16,18). The largest absolute Gasteiger partial charge is 0.507 e. The number of hydrogen-bond donors (Lipinski definition) is 2. The minimum atomic E-state index is -0.172. The number of alkyl halides is 1. The van der Waals surface area contributed by atoms with Gasteiger partial charge in [0.15, 0.2) is 0 Å². The molecule has 0 heterocycles. The summed E-state index contributed by atoms with van der Waals surface area (Å²) < 4.78 is 0. The first-order valence-electron chi connectivity index (χ1n) is 6.28. The summed E-state index contributed by atoms with van der Waals surface area (Å²) in [6.07, 6.45) is 3.32. The van der Waals surface area contributed by atoms with Crippen LogP contribution in [0.4, 0.5) is 0 Å². The summed E-state index contributed by atoms with van der Waals surface area (Å²) in [6.45, 7) is 1.91. The van der Waals surface area contributed by atoms with E-state index < -0.39 is 0 Å². The second kappa shape index (κ2) is 5.74. The van der Waals surface area contributed by atoms with Crippen molar-refractivity contribution in [3.8, 4) is 5.75 Å². The van der Waals surface area contributed by atoms with Crippen molar-refractivity contribution in [1.29, 1.82) is 0 Å². The van der Waals surface area contributed by atoms with E-state index in [1.807, 2.05) is 6.92 Å². The second-order valence-corrected chi connectivity index (χ2v) is 5.59. The number of nitrogens with one attached hydrogen (secondary N) is 1. The molecule has 0 bridgehead atoms. The Bertz CT molecular complexity index is 447. The minimum Gasteiger partial charge on any atom is -0.507 e. The van der Waals surface area contributed by atoms with Gasteiger partial charge in [-0.1, -0.05) is 34.0 Å². The van der Waals surface area contributed by atoms with Crippen LogP contribution in [-0.2, 0) is 0 Å². The third kappa shape index (κ3) is 2.86. The highest BCUT2D eigenvalue weighted by atomic mass is 79.9. The zero-order valence-electron chi connectivity index (χ0n) is 10.4. The summed E-state index contributed by atoms with van der Waals surface area (Å²) in [5.74, 6) is 0.376. The number of aromatic hydroxyl groups is 1. The summed E-state index contributed by atoms with van der Waals surface area (Å²) in [6, 6.07) is 5.31. The van der Waals surface area contributed by atoms with Crippen LogP contribution in [0.15, 0.2) is 18.2 Å². The number of phenols is 1. The summed E-state index contributed by atoms with van der Waals surface area (Å²) >= 11 is 3.49. The van der Waals surface area contributed by atoms with Crippen LogP contribution in [0.2, 0.25) is 0 Å². The van der Waals surface area contributed by atoms with Crippen molar-refractivity contribution >= 4 is 21.8 Å². The van der Waals surface area contributed by atoms with Crippen molar-refractivity contribution in [1.82, 2.24) is 5.32 Å². The maximum atomic E-state index is 12.1. The topological polar surface area (TPSA) is 49.3 Å². The molecule has 1 fully saturated rings. The van der Waals surface area contributed by atoms with Gasteiger partial charge >= 0.3 is 0 Å². The van der Waals surface area contributed by atoms with E-state index in [1.165, 1.54) is 0 Å². The molecule has 1 amide bonds. The molecule has 1 aromatic rings. The lowest BCUT2D eigenvalue weighted by atomic mass is 10.0. The quantitative estimate of drug-likeness (QED) is 0.843. The maximum absolute atomic E-state index is 12.1. The number of aryl methyl sites for hydroxylation is 1. The average Bonchev–Trinajstić information content (AvgIpc) is 2.79. The molecule has 4 heteroatoms. The number of hydrogen-bond acceptors (Lipinski definition) is 2. The van der Waals surface area contributed by atoms with Crippen LogP contribution >= 0.6 is 15.9 Å². The third-order valence-electron chi connectivity index (χ3n) is 3.57. The lowest BCUT2D eigenvalue weighted by molar-refractivity contribution is 0.0927. The number of phenolic OH excluding ortho intramolecular Hbond substituents is 1. The first kappa shape index (κ1) is 13.4. The van der Waals surface area contributed by atoms with Gasteiger partial charge in [-0.15, -0.1) is 0 Å². The van der Waals surface area contributed by atoms with Crippen molar-refractivity contribution < 1.29 is 9.90 Å². The van der Waals surface area contributed by atoms with Crippen LogP contribution in [0.25, 0.3) is 0 Å². The van der Waals surface area contributed by atoms with Crippen LogP contribution in [0, 0.1) is 12.8 Å². The first-order valence-corrected chi connectivity index (χ1v) is 7.40. The van der Waals surface area contributed by atoms with Gasteiger partial charge in [0, 0.05) is 11.4 Å². The number of carbonyl (C=O) groups excluding carboxylic acids is 1. The van der Waals surface area contributed by atoms with E-state index in [0.29, 0.717) is 11.5 Å². The van der Waals surface area contributed by atoms with Gasteiger partial charge in [0.05, 0.1) is 5.56 Å². The minimum absolute atomic E-state index is 0.0477. The predicted octanol–water partition coefficient (Wildman–Crippen LogP) is 2.99. The Labute approximate surface area is 116 Å². The molecule has 2 unspecified atom stereocenters. The highest BCUT2D eigenvalue weighted by Crippen LogP contribution is 2.28. The number of carbonyl (C=O) groups is 1. The fourth-order valence-electron chi connectivity index (χ4n) is 2.49. The van der Waals surface area contributed by atoms with E-state index in [0.717, 1.165) is 30.2 Å². The lowest BCUT2D eigenvalue weighted by Gasteiger charge is -2.19. The Morgan fingerprint density at radius 3 is 3.00 bits per heavy atom. The summed E-state index contributed by atoms with van der Waals surface area (Å²) in [5, 5.41) is 13.7.